The summed E-state index contributed by atoms with van der Waals surface area (Å²) in [5, 5.41) is 16.7. The molecule has 6 nitrogen and oxygen atoms in total. The van der Waals surface area contributed by atoms with Crippen LogP contribution >= 0.6 is 11.3 Å². The van der Waals surface area contributed by atoms with Crippen LogP contribution in [0.5, 0.6) is 0 Å². The van der Waals surface area contributed by atoms with Gasteiger partial charge in [0.1, 0.15) is 5.01 Å². The zero-order chi connectivity index (χ0) is 17.3. The third-order valence-electron chi connectivity index (χ3n) is 4.02. The van der Waals surface area contributed by atoms with Crippen LogP contribution in [0.4, 0.5) is 5.69 Å². The van der Waals surface area contributed by atoms with Crippen LogP contribution in [0.2, 0.25) is 0 Å². The molecule has 3 aromatic rings. The highest BCUT2D eigenvalue weighted by Crippen LogP contribution is 2.21. The van der Waals surface area contributed by atoms with E-state index in [9.17, 15) is 4.79 Å². The van der Waals surface area contributed by atoms with Gasteiger partial charge in [-0.2, -0.15) is 9.61 Å². The number of nitrogens with one attached hydrogen (secondary N) is 1. The summed E-state index contributed by atoms with van der Waals surface area (Å²) >= 11 is 1.49. The molecule has 0 aliphatic carbocycles. The van der Waals surface area contributed by atoms with Gasteiger partial charge in [-0.25, -0.2) is 0 Å². The largest absolute Gasteiger partial charge is 0.326 e. The maximum atomic E-state index is 12.2. The Morgan fingerprint density at radius 3 is 2.83 bits per heavy atom. The monoisotopic (exact) mass is 343 g/mol. The number of benzene rings is 1. The van der Waals surface area contributed by atoms with Gasteiger partial charge >= 0.3 is 0 Å². The molecule has 1 N–H and O–H groups in total. The fraction of sp³-hybridized carbons (Fsp3) is 0.412. The average molecular weight is 343 g/mol. The summed E-state index contributed by atoms with van der Waals surface area (Å²) in [6.45, 7) is 8.18. The summed E-state index contributed by atoms with van der Waals surface area (Å²) < 4.78 is 1.78. The van der Waals surface area contributed by atoms with Gasteiger partial charge in [0, 0.05) is 24.4 Å². The summed E-state index contributed by atoms with van der Waals surface area (Å²) in [6, 6.07) is 5.92. The predicted molar refractivity (Wildman–Crippen MR) is 95.6 cm³/mol. The Morgan fingerprint density at radius 1 is 1.29 bits per heavy atom. The molecular weight excluding hydrogens is 322 g/mol. The van der Waals surface area contributed by atoms with Crippen molar-refractivity contribution in [2.75, 3.05) is 5.32 Å². The lowest BCUT2D eigenvalue weighted by Crippen LogP contribution is -2.13. The Balaban J connectivity index is 1.65. The molecule has 0 bridgehead atoms. The van der Waals surface area contributed by atoms with Gasteiger partial charge < -0.3 is 5.32 Å². The molecule has 0 fully saturated rings. The van der Waals surface area contributed by atoms with Crippen LogP contribution in [0, 0.1) is 13.8 Å². The Hall–Kier alpha value is -2.28. The van der Waals surface area contributed by atoms with E-state index < -0.39 is 0 Å². The zero-order valence-electron chi connectivity index (χ0n) is 14.3. The van der Waals surface area contributed by atoms with Crippen molar-refractivity contribution < 1.29 is 4.79 Å². The minimum atomic E-state index is -0.00116. The third kappa shape index (κ3) is 3.31. The molecule has 1 aromatic carbocycles. The maximum absolute atomic E-state index is 12.2. The van der Waals surface area contributed by atoms with Crippen molar-refractivity contribution in [1.82, 2.24) is 19.8 Å². The Morgan fingerprint density at radius 2 is 2.08 bits per heavy atom. The molecule has 3 rings (SSSR count). The number of nitrogens with zero attached hydrogens (tertiary/aromatic N) is 4. The molecule has 0 saturated carbocycles. The van der Waals surface area contributed by atoms with Crippen LogP contribution in [0.3, 0.4) is 0 Å². The van der Waals surface area contributed by atoms with E-state index in [1.807, 2.05) is 32.0 Å². The first kappa shape index (κ1) is 16.6. The van der Waals surface area contributed by atoms with E-state index >= 15 is 0 Å². The fourth-order valence-electron chi connectivity index (χ4n) is 2.45. The van der Waals surface area contributed by atoms with Gasteiger partial charge in [-0.1, -0.05) is 37.3 Å². The Bertz CT molecular complexity index is 880. The van der Waals surface area contributed by atoms with Crippen molar-refractivity contribution in [2.24, 2.45) is 0 Å². The van der Waals surface area contributed by atoms with Crippen molar-refractivity contribution in [3.05, 3.63) is 40.2 Å². The highest BCUT2D eigenvalue weighted by Gasteiger charge is 2.15. The van der Waals surface area contributed by atoms with Crippen LogP contribution < -0.4 is 5.32 Å². The molecule has 0 saturated heterocycles. The van der Waals surface area contributed by atoms with E-state index in [0.29, 0.717) is 12.8 Å². The number of fused-ring (bicyclic) bond motifs is 1. The van der Waals surface area contributed by atoms with Crippen molar-refractivity contribution in [3.8, 4) is 0 Å². The highest BCUT2D eigenvalue weighted by atomic mass is 32.1. The fourth-order valence-corrected chi connectivity index (χ4v) is 3.29. The number of amides is 1. The molecule has 0 radical (unpaired) electrons. The topological polar surface area (TPSA) is 72.2 Å². The summed E-state index contributed by atoms with van der Waals surface area (Å²) in [6.07, 6.45) is 0.997. The van der Waals surface area contributed by atoms with E-state index in [1.165, 1.54) is 16.9 Å². The molecule has 0 aliphatic rings. The molecular formula is C17H21N5OS. The maximum Gasteiger partial charge on any atom is 0.234 e. The van der Waals surface area contributed by atoms with E-state index in [0.717, 1.165) is 27.0 Å². The lowest BCUT2D eigenvalue weighted by atomic mass is 10.1. The molecule has 2 heterocycles. The van der Waals surface area contributed by atoms with Crippen molar-refractivity contribution in [2.45, 2.75) is 46.5 Å². The summed E-state index contributed by atoms with van der Waals surface area (Å²) in [5.41, 5.74) is 3.15. The second-order valence-electron chi connectivity index (χ2n) is 6.20. The third-order valence-corrected chi connectivity index (χ3v) is 4.98. The minimum Gasteiger partial charge on any atom is -0.326 e. The number of rotatable bonds is 5. The smallest absolute Gasteiger partial charge is 0.234 e. The quantitative estimate of drug-likeness (QED) is 0.769. The van der Waals surface area contributed by atoms with Gasteiger partial charge in [0.2, 0.25) is 10.9 Å². The van der Waals surface area contributed by atoms with E-state index in [-0.39, 0.29) is 11.8 Å². The molecule has 0 unspecified atom stereocenters. The van der Waals surface area contributed by atoms with Crippen molar-refractivity contribution in [1.29, 1.82) is 0 Å². The Labute approximate surface area is 144 Å². The number of carbonyl (C=O) groups excluding carboxylic acids is 1. The molecule has 7 heteroatoms. The summed E-state index contributed by atoms with van der Waals surface area (Å²) in [4.78, 5) is 13.0. The highest BCUT2D eigenvalue weighted by molar-refractivity contribution is 7.16. The lowest BCUT2D eigenvalue weighted by molar-refractivity contribution is -0.116. The first-order valence-electron chi connectivity index (χ1n) is 8.02. The zero-order valence-corrected chi connectivity index (χ0v) is 15.1. The second-order valence-corrected chi connectivity index (χ2v) is 7.24. The molecule has 0 aliphatic heterocycles. The molecule has 24 heavy (non-hydrogen) atoms. The van der Waals surface area contributed by atoms with Crippen LogP contribution in [-0.2, 0) is 11.2 Å². The molecule has 126 valence electrons. The van der Waals surface area contributed by atoms with Crippen molar-refractivity contribution in [3.63, 3.8) is 0 Å². The summed E-state index contributed by atoms with van der Waals surface area (Å²) in [7, 11) is 0. The number of hydrogen-bond acceptors (Lipinski definition) is 5. The lowest BCUT2D eigenvalue weighted by Gasteiger charge is -2.09. The number of carbonyl (C=O) groups is 1. The van der Waals surface area contributed by atoms with Gasteiger partial charge in [0.25, 0.3) is 0 Å². The molecule has 2 aromatic heterocycles. The first-order chi connectivity index (χ1) is 11.5. The number of hydrogen-bond donors (Lipinski definition) is 1. The van der Waals surface area contributed by atoms with Crippen LogP contribution in [-0.4, -0.2) is 25.7 Å². The van der Waals surface area contributed by atoms with Gasteiger partial charge in [0.05, 0.1) is 0 Å². The van der Waals surface area contributed by atoms with Gasteiger partial charge in [-0.05, 0) is 31.0 Å². The van der Waals surface area contributed by atoms with Crippen LogP contribution in [0.25, 0.3) is 4.96 Å². The SMILES string of the molecule is Cc1cccc(NC(=O)CCc2nn3c(C(C)C)nnc3s2)c1C. The van der Waals surface area contributed by atoms with Crippen LogP contribution in [0.15, 0.2) is 18.2 Å². The number of aromatic nitrogens is 4. The molecule has 1 amide bonds. The first-order valence-corrected chi connectivity index (χ1v) is 8.84. The van der Waals surface area contributed by atoms with Crippen LogP contribution in [0.1, 0.15) is 48.1 Å². The summed E-state index contributed by atoms with van der Waals surface area (Å²) in [5.74, 6) is 1.12. The average Bonchev–Trinajstić information content (AvgIpc) is 3.09. The van der Waals surface area contributed by atoms with Gasteiger partial charge in [0.15, 0.2) is 5.82 Å². The van der Waals surface area contributed by atoms with Gasteiger partial charge in [-0.3, -0.25) is 4.79 Å². The molecule has 0 spiro atoms. The predicted octanol–water partition coefficient (Wildman–Crippen LogP) is 3.50. The van der Waals surface area contributed by atoms with Gasteiger partial charge in [-0.15, -0.1) is 10.2 Å². The standard InChI is InChI=1S/C17H21N5OS/c1-10(2)16-19-20-17-22(16)21-15(24-17)9-8-14(23)18-13-7-5-6-11(3)12(13)4/h5-7,10H,8-9H2,1-4H3,(H,18,23). The Kier molecular flexibility index (Phi) is 4.62. The molecule has 0 atom stereocenters. The minimum absolute atomic E-state index is 0.00116. The number of anilines is 1. The second kappa shape index (κ2) is 6.68. The van der Waals surface area contributed by atoms with E-state index in [1.54, 1.807) is 4.52 Å². The van der Waals surface area contributed by atoms with Crippen molar-refractivity contribution >= 4 is 27.9 Å². The van der Waals surface area contributed by atoms with E-state index in [4.69, 9.17) is 0 Å². The number of aryl methyl sites for hydroxylation is 2. The van der Waals surface area contributed by atoms with E-state index in [2.05, 4.69) is 34.5 Å². The normalized spacial score (nSPS) is 11.4.